The number of aromatic nitrogens is 2. The molecule has 2 heterocycles. The SMILES string of the molecule is CCCNc1nc(C)cc(N2CC(C)CC(C)C2C)n1. The van der Waals surface area contributed by atoms with Crippen molar-refractivity contribution in [3.8, 4) is 0 Å². The monoisotopic (exact) mass is 276 g/mol. The minimum absolute atomic E-state index is 0.541. The number of hydrogen-bond acceptors (Lipinski definition) is 4. The van der Waals surface area contributed by atoms with Crippen molar-refractivity contribution in [3.05, 3.63) is 11.8 Å². The largest absolute Gasteiger partial charge is 0.354 e. The Kier molecular flexibility index (Phi) is 4.84. The molecule has 0 radical (unpaired) electrons. The number of hydrogen-bond donors (Lipinski definition) is 1. The highest BCUT2D eigenvalue weighted by Gasteiger charge is 2.29. The lowest BCUT2D eigenvalue weighted by Crippen LogP contribution is -2.46. The van der Waals surface area contributed by atoms with Crippen LogP contribution in [0.5, 0.6) is 0 Å². The second-order valence-electron chi connectivity index (χ2n) is 6.33. The summed E-state index contributed by atoms with van der Waals surface area (Å²) in [5.41, 5.74) is 1.03. The van der Waals surface area contributed by atoms with Crippen molar-refractivity contribution in [1.82, 2.24) is 9.97 Å². The lowest BCUT2D eigenvalue weighted by Gasteiger charge is -2.42. The van der Waals surface area contributed by atoms with Gasteiger partial charge in [0, 0.05) is 30.9 Å². The van der Waals surface area contributed by atoms with Crippen molar-refractivity contribution in [2.45, 2.75) is 53.5 Å². The average Bonchev–Trinajstić information content (AvgIpc) is 2.40. The third-order valence-electron chi connectivity index (χ3n) is 4.27. The Balaban J connectivity index is 2.24. The first kappa shape index (κ1) is 15.1. The van der Waals surface area contributed by atoms with Gasteiger partial charge >= 0.3 is 0 Å². The van der Waals surface area contributed by atoms with Crippen LogP contribution in [0.25, 0.3) is 0 Å². The van der Waals surface area contributed by atoms with Crippen molar-refractivity contribution >= 4 is 11.8 Å². The van der Waals surface area contributed by atoms with Crippen LogP contribution < -0.4 is 10.2 Å². The zero-order valence-corrected chi connectivity index (χ0v) is 13.5. The summed E-state index contributed by atoms with van der Waals surface area (Å²) >= 11 is 0. The summed E-state index contributed by atoms with van der Waals surface area (Å²) in [5.74, 6) is 3.27. The fourth-order valence-electron chi connectivity index (χ4n) is 3.03. The number of nitrogens with zero attached hydrogens (tertiary/aromatic N) is 3. The number of piperidine rings is 1. The van der Waals surface area contributed by atoms with E-state index >= 15 is 0 Å². The zero-order chi connectivity index (χ0) is 14.7. The van der Waals surface area contributed by atoms with E-state index < -0.39 is 0 Å². The van der Waals surface area contributed by atoms with E-state index in [0.29, 0.717) is 12.0 Å². The summed E-state index contributed by atoms with van der Waals surface area (Å²) in [6.07, 6.45) is 2.39. The van der Waals surface area contributed by atoms with Crippen molar-refractivity contribution in [3.63, 3.8) is 0 Å². The molecule has 1 aromatic heterocycles. The highest BCUT2D eigenvalue weighted by Crippen LogP contribution is 2.30. The molecule has 4 nitrogen and oxygen atoms in total. The fourth-order valence-corrected chi connectivity index (χ4v) is 3.03. The van der Waals surface area contributed by atoms with Crippen LogP contribution in [0.4, 0.5) is 11.8 Å². The smallest absolute Gasteiger partial charge is 0.224 e. The van der Waals surface area contributed by atoms with E-state index in [2.05, 4.69) is 49.0 Å². The van der Waals surface area contributed by atoms with E-state index in [0.717, 1.165) is 42.9 Å². The van der Waals surface area contributed by atoms with Crippen molar-refractivity contribution in [1.29, 1.82) is 0 Å². The van der Waals surface area contributed by atoms with Crippen LogP contribution in [0, 0.1) is 18.8 Å². The summed E-state index contributed by atoms with van der Waals surface area (Å²) in [4.78, 5) is 11.6. The highest BCUT2D eigenvalue weighted by molar-refractivity contribution is 5.46. The zero-order valence-electron chi connectivity index (χ0n) is 13.5. The van der Waals surface area contributed by atoms with E-state index in [1.165, 1.54) is 6.42 Å². The maximum atomic E-state index is 4.72. The number of rotatable bonds is 4. The molecule has 1 aromatic rings. The molecule has 0 aromatic carbocycles. The normalized spacial score (nSPS) is 26.6. The van der Waals surface area contributed by atoms with E-state index in [4.69, 9.17) is 4.98 Å². The maximum Gasteiger partial charge on any atom is 0.224 e. The van der Waals surface area contributed by atoms with Crippen molar-refractivity contribution in [2.24, 2.45) is 11.8 Å². The number of nitrogens with one attached hydrogen (secondary N) is 1. The predicted molar refractivity (Wildman–Crippen MR) is 85.3 cm³/mol. The third kappa shape index (κ3) is 3.41. The number of anilines is 2. The molecule has 20 heavy (non-hydrogen) atoms. The van der Waals surface area contributed by atoms with Crippen LogP contribution in [0.3, 0.4) is 0 Å². The van der Waals surface area contributed by atoms with E-state index in [1.807, 2.05) is 6.92 Å². The van der Waals surface area contributed by atoms with Gasteiger partial charge in [0.15, 0.2) is 0 Å². The van der Waals surface area contributed by atoms with E-state index in [1.54, 1.807) is 0 Å². The van der Waals surface area contributed by atoms with Gasteiger partial charge in [-0.3, -0.25) is 0 Å². The number of aryl methyl sites for hydroxylation is 1. The molecule has 2 rings (SSSR count). The molecular formula is C16H28N4. The summed E-state index contributed by atoms with van der Waals surface area (Å²) in [6.45, 7) is 13.2. The van der Waals surface area contributed by atoms with Crippen molar-refractivity contribution in [2.75, 3.05) is 23.3 Å². The maximum absolute atomic E-state index is 4.72. The Morgan fingerprint density at radius 3 is 2.75 bits per heavy atom. The minimum Gasteiger partial charge on any atom is -0.354 e. The summed E-state index contributed by atoms with van der Waals surface area (Å²) < 4.78 is 0. The van der Waals surface area contributed by atoms with Gasteiger partial charge in [-0.1, -0.05) is 20.8 Å². The Morgan fingerprint density at radius 2 is 2.05 bits per heavy atom. The molecule has 0 bridgehead atoms. The Hall–Kier alpha value is -1.32. The average molecular weight is 276 g/mol. The van der Waals surface area contributed by atoms with E-state index in [-0.39, 0.29) is 0 Å². The van der Waals surface area contributed by atoms with E-state index in [9.17, 15) is 0 Å². The minimum atomic E-state index is 0.541. The van der Waals surface area contributed by atoms with Crippen LogP contribution >= 0.6 is 0 Å². The Morgan fingerprint density at radius 1 is 1.30 bits per heavy atom. The molecule has 1 aliphatic rings. The molecule has 4 heteroatoms. The summed E-state index contributed by atoms with van der Waals surface area (Å²) in [6, 6.07) is 2.65. The highest BCUT2D eigenvalue weighted by atomic mass is 15.3. The standard InChI is InChI=1S/C16H28N4/c1-6-7-17-16-18-13(4)9-15(19-16)20-10-11(2)8-12(3)14(20)5/h9,11-12,14H,6-8,10H2,1-5H3,(H,17,18,19). The molecule has 1 fully saturated rings. The van der Waals surface area contributed by atoms with Crippen molar-refractivity contribution < 1.29 is 0 Å². The second kappa shape index (κ2) is 6.42. The third-order valence-corrected chi connectivity index (χ3v) is 4.27. The Bertz CT molecular complexity index is 446. The van der Waals surface area contributed by atoms with Gasteiger partial charge in [-0.25, -0.2) is 4.98 Å². The molecule has 3 unspecified atom stereocenters. The van der Waals surface area contributed by atoms with Crippen LogP contribution in [-0.4, -0.2) is 29.1 Å². The molecule has 1 N–H and O–H groups in total. The molecule has 1 aliphatic heterocycles. The van der Waals surface area contributed by atoms with Gasteiger partial charge in [-0.2, -0.15) is 4.98 Å². The molecule has 0 saturated carbocycles. The van der Waals surface area contributed by atoms with Crippen LogP contribution in [-0.2, 0) is 0 Å². The molecule has 0 spiro atoms. The van der Waals surface area contributed by atoms with Gasteiger partial charge in [0.2, 0.25) is 5.95 Å². The van der Waals surface area contributed by atoms with Gasteiger partial charge in [0.1, 0.15) is 5.82 Å². The van der Waals surface area contributed by atoms with Crippen LogP contribution in [0.15, 0.2) is 6.07 Å². The molecule has 3 atom stereocenters. The Labute approximate surface area is 123 Å². The van der Waals surface area contributed by atoms with Gasteiger partial charge in [-0.15, -0.1) is 0 Å². The van der Waals surface area contributed by atoms with Gasteiger partial charge in [-0.05, 0) is 38.5 Å². The first-order valence-electron chi connectivity index (χ1n) is 7.87. The topological polar surface area (TPSA) is 41.1 Å². The first-order valence-corrected chi connectivity index (χ1v) is 7.87. The quantitative estimate of drug-likeness (QED) is 0.914. The fraction of sp³-hybridized carbons (Fsp3) is 0.750. The molecule has 0 aliphatic carbocycles. The second-order valence-corrected chi connectivity index (χ2v) is 6.33. The predicted octanol–water partition coefficient (Wildman–Crippen LogP) is 3.48. The summed E-state index contributed by atoms with van der Waals surface area (Å²) in [5, 5.41) is 3.30. The lowest BCUT2D eigenvalue weighted by molar-refractivity contribution is 0.295. The molecule has 0 amide bonds. The first-order chi connectivity index (χ1) is 9.51. The van der Waals surface area contributed by atoms with Gasteiger partial charge < -0.3 is 10.2 Å². The molecule has 1 saturated heterocycles. The molecule has 112 valence electrons. The lowest BCUT2D eigenvalue weighted by atomic mass is 9.86. The van der Waals surface area contributed by atoms with Crippen LogP contribution in [0.1, 0.15) is 46.2 Å². The van der Waals surface area contributed by atoms with Gasteiger partial charge in [0.25, 0.3) is 0 Å². The van der Waals surface area contributed by atoms with Crippen LogP contribution in [0.2, 0.25) is 0 Å². The summed E-state index contributed by atoms with van der Waals surface area (Å²) in [7, 11) is 0. The molecular weight excluding hydrogens is 248 g/mol. The van der Waals surface area contributed by atoms with Gasteiger partial charge in [0.05, 0.1) is 0 Å².